The largest absolute Gasteiger partial charge is 0.469 e. The molecule has 0 aliphatic rings. The second-order valence-corrected chi connectivity index (χ2v) is 15.1. The van der Waals surface area contributed by atoms with Crippen LogP contribution >= 0.6 is 19.6 Å². The van der Waals surface area contributed by atoms with Crippen LogP contribution in [0.3, 0.4) is 0 Å². The van der Waals surface area contributed by atoms with Crippen molar-refractivity contribution in [2.45, 2.75) is 187 Å². The van der Waals surface area contributed by atoms with Crippen molar-refractivity contribution < 1.29 is 42.7 Å². The fourth-order valence-corrected chi connectivity index (χ4v) is 6.26. The van der Waals surface area contributed by atoms with Crippen LogP contribution in [-0.4, -0.2) is 51.9 Å². The molecule has 0 amide bonds. The van der Waals surface area contributed by atoms with E-state index in [0.717, 1.165) is 50.7 Å². The quantitative estimate of drug-likeness (QED) is 0.0380. The molecular weight excluding hydrogens is 627 g/mol. The van der Waals surface area contributed by atoms with E-state index in [-0.39, 0.29) is 24.6 Å². The van der Waals surface area contributed by atoms with Crippen LogP contribution in [0.1, 0.15) is 181 Å². The Morgan fingerprint density at radius 1 is 0.587 bits per heavy atom. The minimum Gasteiger partial charge on any atom is -0.462 e. The molecule has 272 valence electrons. The van der Waals surface area contributed by atoms with Crippen LogP contribution in [0.4, 0.5) is 0 Å². The maximum atomic E-state index is 12.3. The van der Waals surface area contributed by atoms with Gasteiger partial charge in [0, 0.05) is 25.5 Å². The van der Waals surface area contributed by atoms with Gasteiger partial charge in [0.15, 0.2) is 11.2 Å². The molecule has 0 unspecified atom stereocenters. The molecule has 2 N–H and O–H groups in total. The summed E-state index contributed by atoms with van der Waals surface area (Å²) in [6, 6.07) is 0. The molecule has 11 heteroatoms. The normalized spacial score (nSPS) is 12.3. The highest BCUT2D eigenvalue weighted by Crippen LogP contribution is 2.36. The average molecular weight is 695 g/mol. The third kappa shape index (κ3) is 35.9. The molecule has 0 radical (unpaired) electrons. The number of carbonyl (C=O) groups excluding carboxylic acids is 3. The summed E-state index contributed by atoms with van der Waals surface area (Å²) in [6.07, 6.45) is 27.3. The van der Waals surface area contributed by atoms with Gasteiger partial charge in [-0.05, 0) is 19.3 Å². The number of hydrogen-bond donors (Lipinski definition) is 2. The lowest BCUT2D eigenvalue weighted by Crippen LogP contribution is -2.29. The highest BCUT2D eigenvalue weighted by molar-refractivity contribution is 8.13. The van der Waals surface area contributed by atoms with Gasteiger partial charge in [-0.15, -0.1) is 0 Å². The van der Waals surface area contributed by atoms with Crippen molar-refractivity contribution in [1.29, 1.82) is 0 Å². The highest BCUT2D eigenvalue weighted by atomic mass is 32.2. The summed E-state index contributed by atoms with van der Waals surface area (Å²) in [7, 11) is -4.75. The first-order valence-electron chi connectivity index (χ1n) is 18.3. The van der Waals surface area contributed by atoms with Gasteiger partial charge in [0.2, 0.25) is 0 Å². The smallest absolute Gasteiger partial charge is 0.462 e. The Balaban J connectivity index is 3.90. The molecule has 46 heavy (non-hydrogen) atoms. The van der Waals surface area contributed by atoms with Crippen LogP contribution in [0.25, 0.3) is 0 Å². The molecule has 0 aromatic heterocycles. The first kappa shape index (κ1) is 45.1. The van der Waals surface area contributed by atoms with Gasteiger partial charge in [0.25, 0.3) is 0 Å². The maximum Gasteiger partial charge on any atom is 0.469 e. The number of rotatable bonds is 34. The van der Waals surface area contributed by atoms with Gasteiger partial charge in [-0.1, -0.05) is 154 Å². The van der Waals surface area contributed by atoms with Crippen molar-refractivity contribution in [3.63, 3.8) is 0 Å². The number of unbranched alkanes of at least 4 members (excludes halogenated alkanes) is 22. The molecule has 0 heterocycles. The summed E-state index contributed by atoms with van der Waals surface area (Å²) in [6.45, 7) is 3.02. The minimum atomic E-state index is -4.75. The molecule has 0 aromatic carbocycles. The number of thioether (sulfide) groups is 1. The van der Waals surface area contributed by atoms with E-state index in [0.29, 0.717) is 12.8 Å². The zero-order valence-electron chi connectivity index (χ0n) is 29.2. The molecule has 0 saturated carbocycles. The summed E-state index contributed by atoms with van der Waals surface area (Å²) in [5.41, 5.74) is 0. The van der Waals surface area contributed by atoms with E-state index in [1.54, 1.807) is 6.92 Å². The van der Waals surface area contributed by atoms with Gasteiger partial charge >= 0.3 is 19.8 Å². The van der Waals surface area contributed by atoms with Gasteiger partial charge < -0.3 is 19.3 Å². The molecule has 1 atom stereocenters. The van der Waals surface area contributed by atoms with E-state index < -0.39 is 32.5 Å². The summed E-state index contributed by atoms with van der Waals surface area (Å²) < 4.78 is 26.3. The molecule has 0 aromatic rings. The zero-order chi connectivity index (χ0) is 34.1. The number of esters is 2. The van der Waals surface area contributed by atoms with Crippen LogP contribution in [-0.2, 0) is 32.9 Å². The first-order chi connectivity index (χ1) is 22.1. The topological polar surface area (TPSA) is 136 Å². The van der Waals surface area contributed by atoms with Gasteiger partial charge in [0.05, 0.1) is 6.61 Å². The fraction of sp³-hybridized carbons (Fsp3) is 0.914. The second-order valence-electron chi connectivity index (χ2n) is 12.6. The predicted molar refractivity (Wildman–Crippen MR) is 188 cm³/mol. The zero-order valence-corrected chi connectivity index (χ0v) is 30.9. The fourth-order valence-electron chi connectivity index (χ4n) is 5.26. The van der Waals surface area contributed by atoms with Crippen molar-refractivity contribution in [2.75, 3.05) is 19.0 Å². The molecular formula is C35H67O9PS. The third-order valence-corrected chi connectivity index (χ3v) is 9.36. The average Bonchev–Trinajstić information content (AvgIpc) is 3.00. The maximum absolute atomic E-state index is 12.3. The molecule has 0 spiro atoms. The van der Waals surface area contributed by atoms with Gasteiger partial charge in [-0.3, -0.25) is 18.9 Å². The van der Waals surface area contributed by atoms with E-state index in [2.05, 4.69) is 11.4 Å². The Labute approximate surface area is 284 Å². The molecule has 0 fully saturated rings. The monoisotopic (exact) mass is 694 g/mol. The number of ether oxygens (including phenoxy) is 2. The molecule has 0 aliphatic carbocycles. The van der Waals surface area contributed by atoms with E-state index >= 15 is 0 Å². The van der Waals surface area contributed by atoms with Crippen LogP contribution < -0.4 is 0 Å². The van der Waals surface area contributed by atoms with E-state index in [1.165, 1.54) is 108 Å². The van der Waals surface area contributed by atoms with Gasteiger partial charge in [-0.25, -0.2) is 4.57 Å². The van der Waals surface area contributed by atoms with E-state index in [4.69, 9.17) is 19.3 Å². The Bertz CT molecular complexity index is 790. The lowest BCUT2D eigenvalue weighted by atomic mass is 10.0. The van der Waals surface area contributed by atoms with Crippen LogP contribution in [0, 0.1) is 0 Å². The summed E-state index contributed by atoms with van der Waals surface area (Å²) in [5.74, 6) is 0.0394. The summed E-state index contributed by atoms with van der Waals surface area (Å²) in [4.78, 5) is 53.5. The minimum absolute atomic E-state index is 0.205. The van der Waals surface area contributed by atoms with Crippen LogP contribution in [0.5, 0.6) is 0 Å². The first-order valence-corrected chi connectivity index (χ1v) is 20.8. The Morgan fingerprint density at radius 2 is 0.978 bits per heavy atom. The molecule has 9 nitrogen and oxygen atoms in total. The van der Waals surface area contributed by atoms with Gasteiger partial charge in [-0.2, -0.15) is 0 Å². The van der Waals surface area contributed by atoms with E-state index in [9.17, 15) is 18.9 Å². The number of hydrogen-bond acceptors (Lipinski definition) is 8. The molecule has 0 rings (SSSR count). The van der Waals surface area contributed by atoms with Crippen molar-refractivity contribution in [1.82, 2.24) is 0 Å². The molecule has 0 aliphatic heterocycles. The predicted octanol–water partition coefficient (Wildman–Crippen LogP) is 9.99. The molecule has 0 bridgehead atoms. The van der Waals surface area contributed by atoms with Crippen LogP contribution in [0.2, 0.25) is 0 Å². The number of phosphoric ester groups is 1. The van der Waals surface area contributed by atoms with Crippen molar-refractivity contribution >= 4 is 36.6 Å². The Kier molecular flexibility index (Phi) is 31.9. The summed E-state index contributed by atoms with van der Waals surface area (Å²) >= 11 is 1.42. The standard InChI is InChI=1S/C35H67O9PS/c1-3-4-5-6-7-8-9-12-16-19-22-25-28-35(38)44-33(31-43-45(39,40)41)30-42-34(37)27-24-21-18-15-13-10-11-14-17-20-23-26-29-46-32(2)36/h33H,3-31H2,1-2H3,(H2,39,40,41)/t33-/m0/s1. The third-order valence-electron chi connectivity index (χ3n) is 7.97. The second kappa shape index (κ2) is 32.6. The lowest BCUT2D eigenvalue weighted by Gasteiger charge is -2.18. The van der Waals surface area contributed by atoms with Crippen molar-refractivity contribution in [3.05, 3.63) is 0 Å². The summed E-state index contributed by atoms with van der Waals surface area (Å²) in [5, 5.41) is 0.205. The Hall–Kier alpha value is -0.930. The molecule has 0 saturated heterocycles. The van der Waals surface area contributed by atoms with Crippen molar-refractivity contribution in [2.24, 2.45) is 0 Å². The lowest BCUT2D eigenvalue weighted by molar-refractivity contribution is -0.161. The number of carbonyl (C=O) groups is 3. The Morgan fingerprint density at radius 3 is 1.39 bits per heavy atom. The van der Waals surface area contributed by atoms with Crippen LogP contribution in [0.15, 0.2) is 0 Å². The van der Waals surface area contributed by atoms with Gasteiger partial charge in [0.1, 0.15) is 6.61 Å². The van der Waals surface area contributed by atoms with Crippen molar-refractivity contribution in [3.8, 4) is 0 Å². The van der Waals surface area contributed by atoms with E-state index in [1.807, 2.05) is 0 Å². The highest BCUT2D eigenvalue weighted by Gasteiger charge is 2.22. The number of phosphoric acid groups is 1. The SMILES string of the molecule is CCCCCCCCCCCCCCC(=O)O[C@@H](COC(=O)CCCCCCCCCCCCCCSC(C)=O)COP(=O)(O)O.